The highest BCUT2D eigenvalue weighted by Gasteiger charge is 2.31. The van der Waals surface area contributed by atoms with Crippen molar-refractivity contribution < 1.29 is 9.59 Å². The van der Waals surface area contributed by atoms with Gasteiger partial charge in [0.1, 0.15) is 0 Å². The fourth-order valence-corrected chi connectivity index (χ4v) is 2.35. The van der Waals surface area contributed by atoms with Crippen LogP contribution in [0.5, 0.6) is 0 Å². The Morgan fingerprint density at radius 2 is 1.84 bits per heavy atom. The lowest BCUT2D eigenvalue weighted by molar-refractivity contribution is -0.126. The average molecular weight is 270 g/mol. The quantitative estimate of drug-likeness (QED) is 0.635. The molecule has 6 heteroatoms. The standard InChI is InChI=1S/C13H26N4O2/c1-9-4-5-11(14)10(8-9)12(18)15-6-7-16-13(19)17(2)3/h9-11H,4-8,14H2,1-3H3,(H,15,18)(H,16,19). The molecule has 0 aromatic carbocycles. The van der Waals surface area contributed by atoms with Crippen LogP contribution in [0.1, 0.15) is 26.2 Å². The lowest BCUT2D eigenvalue weighted by Crippen LogP contribution is -2.47. The molecule has 3 amide bonds. The molecule has 1 saturated carbocycles. The van der Waals surface area contributed by atoms with E-state index in [2.05, 4.69) is 17.6 Å². The van der Waals surface area contributed by atoms with Crippen molar-refractivity contribution in [1.29, 1.82) is 0 Å². The van der Waals surface area contributed by atoms with Crippen LogP contribution in [0.4, 0.5) is 4.79 Å². The molecule has 0 spiro atoms. The van der Waals surface area contributed by atoms with Gasteiger partial charge in [-0.15, -0.1) is 0 Å². The van der Waals surface area contributed by atoms with Crippen molar-refractivity contribution in [2.45, 2.75) is 32.2 Å². The zero-order chi connectivity index (χ0) is 14.4. The predicted octanol–water partition coefficient (Wildman–Crippen LogP) is 0.137. The fraction of sp³-hybridized carbons (Fsp3) is 0.846. The summed E-state index contributed by atoms with van der Waals surface area (Å²) in [4.78, 5) is 24.7. The van der Waals surface area contributed by atoms with Crippen LogP contribution in [0, 0.1) is 11.8 Å². The van der Waals surface area contributed by atoms with Gasteiger partial charge in [-0.2, -0.15) is 0 Å². The van der Waals surface area contributed by atoms with Crippen molar-refractivity contribution in [3.63, 3.8) is 0 Å². The highest BCUT2D eigenvalue weighted by Crippen LogP contribution is 2.27. The Bertz CT molecular complexity index is 320. The number of carbonyl (C=O) groups is 2. The highest BCUT2D eigenvalue weighted by molar-refractivity contribution is 5.79. The third kappa shape index (κ3) is 5.06. The van der Waals surface area contributed by atoms with Crippen LogP contribution in [0.25, 0.3) is 0 Å². The monoisotopic (exact) mass is 270 g/mol. The van der Waals surface area contributed by atoms with E-state index in [1.807, 2.05) is 0 Å². The maximum Gasteiger partial charge on any atom is 0.316 e. The van der Waals surface area contributed by atoms with Crippen LogP contribution in [-0.2, 0) is 4.79 Å². The molecule has 0 radical (unpaired) electrons. The van der Waals surface area contributed by atoms with E-state index in [9.17, 15) is 9.59 Å². The minimum atomic E-state index is -0.155. The number of nitrogens with zero attached hydrogens (tertiary/aromatic N) is 1. The Balaban J connectivity index is 2.25. The number of carbonyl (C=O) groups excluding carboxylic acids is 2. The molecule has 1 aliphatic rings. The summed E-state index contributed by atoms with van der Waals surface area (Å²) in [5.74, 6) is 0.482. The maximum absolute atomic E-state index is 12.0. The van der Waals surface area contributed by atoms with Gasteiger partial charge in [0.25, 0.3) is 0 Å². The van der Waals surface area contributed by atoms with Gasteiger partial charge in [-0.25, -0.2) is 4.79 Å². The molecule has 0 heterocycles. The number of hydrogen-bond donors (Lipinski definition) is 3. The van der Waals surface area contributed by atoms with Crippen molar-refractivity contribution in [3.8, 4) is 0 Å². The Kier molecular flexibility index (Phi) is 6.08. The second-order valence-electron chi connectivity index (χ2n) is 5.61. The second-order valence-corrected chi connectivity index (χ2v) is 5.61. The van der Waals surface area contributed by atoms with E-state index < -0.39 is 0 Å². The largest absolute Gasteiger partial charge is 0.354 e. The summed E-state index contributed by atoms with van der Waals surface area (Å²) in [6.07, 6.45) is 2.87. The lowest BCUT2D eigenvalue weighted by atomic mass is 9.79. The SMILES string of the molecule is CC1CCC(N)C(C(=O)NCCNC(=O)N(C)C)C1. The lowest BCUT2D eigenvalue weighted by Gasteiger charge is -2.31. The first-order chi connectivity index (χ1) is 8.91. The van der Waals surface area contributed by atoms with E-state index in [1.54, 1.807) is 14.1 Å². The molecule has 0 aliphatic heterocycles. The molecule has 110 valence electrons. The van der Waals surface area contributed by atoms with Gasteiger partial charge in [-0.3, -0.25) is 4.79 Å². The summed E-state index contributed by atoms with van der Waals surface area (Å²) in [5.41, 5.74) is 6.00. The van der Waals surface area contributed by atoms with Crippen molar-refractivity contribution in [1.82, 2.24) is 15.5 Å². The molecule has 0 aromatic rings. The van der Waals surface area contributed by atoms with Crippen LogP contribution in [0.3, 0.4) is 0 Å². The average Bonchev–Trinajstić information content (AvgIpc) is 2.36. The third-order valence-corrected chi connectivity index (χ3v) is 3.61. The molecule has 0 aromatic heterocycles. The topological polar surface area (TPSA) is 87.5 Å². The van der Waals surface area contributed by atoms with Gasteiger partial charge < -0.3 is 21.3 Å². The van der Waals surface area contributed by atoms with E-state index in [0.717, 1.165) is 19.3 Å². The Morgan fingerprint density at radius 1 is 1.21 bits per heavy atom. The molecular formula is C13H26N4O2. The number of amides is 3. The summed E-state index contributed by atoms with van der Waals surface area (Å²) < 4.78 is 0. The summed E-state index contributed by atoms with van der Waals surface area (Å²) in [7, 11) is 3.35. The molecular weight excluding hydrogens is 244 g/mol. The van der Waals surface area contributed by atoms with Crippen LogP contribution in [0.15, 0.2) is 0 Å². The van der Waals surface area contributed by atoms with Crippen molar-refractivity contribution in [3.05, 3.63) is 0 Å². The summed E-state index contributed by atoms with van der Waals surface area (Å²) >= 11 is 0. The zero-order valence-electron chi connectivity index (χ0n) is 12.1. The fourth-order valence-electron chi connectivity index (χ4n) is 2.35. The third-order valence-electron chi connectivity index (χ3n) is 3.61. The molecule has 19 heavy (non-hydrogen) atoms. The molecule has 6 nitrogen and oxygen atoms in total. The van der Waals surface area contributed by atoms with Gasteiger partial charge in [-0.05, 0) is 25.2 Å². The van der Waals surface area contributed by atoms with Crippen molar-refractivity contribution in [2.75, 3.05) is 27.2 Å². The minimum Gasteiger partial charge on any atom is -0.354 e. The second kappa shape index (κ2) is 7.33. The van der Waals surface area contributed by atoms with Crippen LogP contribution >= 0.6 is 0 Å². The van der Waals surface area contributed by atoms with Gasteiger partial charge in [0.05, 0.1) is 5.92 Å². The van der Waals surface area contributed by atoms with Crippen molar-refractivity contribution >= 4 is 11.9 Å². The smallest absolute Gasteiger partial charge is 0.316 e. The van der Waals surface area contributed by atoms with Crippen molar-refractivity contribution in [2.24, 2.45) is 17.6 Å². The summed E-state index contributed by atoms with van der Waals surface area (Å²) in [5, 5.41) is 5.55. The minimum absolute atomic E-state index is 0.0122. The van der Waals surface area contributed by atoms with Gasteiger partial charge in [0, 0.05) is 33.2 Å². The number of hydrogen-bond acceptors (Lipinski definition) is 3. The highest BCUT2D eigenvalue weighted by atomic mass is 16.2. The van der Waals surface area contributed by atoms with Gasteiger partial charge in [-0.1, -0.05) is 6.92 Å². The summed E-state index contributed by atoms with van der Waals surface area (Å²) in [6.45, 7) is 3.03. The maximum atomic E-state index is 12.0. The Labute approximate surface area is 115 Å². The molecule has 0 saturated heterocycles. The van der Waals surface area contributed by atoms with Gasteiger partial charge >= 0.3 is 6.03 Å². The van der Waals surface area contributed by atoms with E-state index in [1.165, 1.54) is 4.90 Å². The summed E-state index contributed by atoms with van der Waals surface area (Å²) in [6, 6.07) is -0.190. The van der Waals surface area contributed by atoms with Gasteiger partial charge in [0.2, 0.25) is 5.91 Å². The van der Waals surface area contributed by atoms with Gasteiger partial charge in [0.15, 0.2) is 0 Å². The zero-order valence-corrected chi connectivity index (χ0v) is 12.1. The number of nitrogens with one attached hydrogen (secondary N) is 2. The molecule has 1 aliphatic carbocycles. The Morgan fingerprint density at radius 3 is 2.47 bits per heavy atom. The predicted molar refractivity (Wildman–Crippen MR) is 74.6 cm³/mol. The van der Waals surface area contributed by atoms with Crippen LogP contribution < -0.4 is 16.4 Å². The van der Waals surface area contributed by atoms with E-state index >= 15 is 0 Å². The number of urea groups is 1. The van der Waals surface area contributed by atoms with E-state index in [4.69, 9.17) is 5.73 Å². The molecule has 4 N–H and O–H groups in total. The molecule has 0 bridgehead atoms. The molecule has 3 atom stereocenters. The van der Waals surface area contributed by atoms with Crippen LogP contribution in [0.2, 0.25) is 0 Å². The normalized spacial score (nSPS) is 26.6. The number of rotatable bonds is 4. The first-order valence-corrected chi connectivity index (χ1v) is 6.90. The first kappa shape index (κ1) is 15.8. The number of nitrogens with two attached hydrogens (primary N) is 1. The van der Waals surface area contributed by atoms with E-state index in [-0.39, 0.29) is 23.9 Å². The molecule has 1 rings (SSSR count). The molecule has 3 unspecified atom stereocenters. The first-order valence-electron chi connectivity index (χ1n) is 6.90. The Hall–Kier alpha value is -1.30. The van der Waals surface area contributed by atoms with E-state index in [0.29, 0.717) is 19.0 Å². The van der Waals surface area contributed by atoms with Crippen LogP contribution in [-0.4, -0.2) is 50.1 Å². The molecule has 1 fully saturated rings.